The Morgan fingerprint density at radius 3 is 2.57 bits per heavy atom. The molecular weight excluding hydrogens is 483 g/mol. The van der Waals surface area contributed by atoms with Crippen LogP contribution in [0.3, 0.4) is 0 Å². The average molecular weight is 516 g/mol. The third-order valence-electron chi connectivity index (χ3n) is 4.45. The van der Waals surface area contributed by atoms with E-state index in [0.29, 0.717) is 13.2 Å². The molecule has 0 radical (unpaired) electrons. The minimum absolute atomic E-state index is 0. The van der Waals surface area contributed by atoms with Gasteiger partial charge in [-0.05, 0) is 37.0 Å². The van der Waals surface area contributed by atoms with E-state index >= 15 is 0 Å². The zero-order chi connectivity index (χ0) is 19.3. The van der Waals surface area contributed by atoms with E-state index in [9.17, 15) is 0 Å². The van der Waals surface area contributed by atoms with Gasteiger partial charge in [-0.3, -0.25) is 4.99 Å². The molecule has 0 spiro atoms. The summed E-state index contributed by atoms with van der Waals surface area (Å²) < 4.78 is 6.03. The number of ether oxygens (including phenoxy) is 1. The van der Waals surface area contributed by atoms with Crippen molar-refractivity contribution in [2.45, 2.75) is 26.8 Å². The molecule has 2 N–H and O–H groups in total. The van der Waals surface area contributed by atoms with Crippen LogP contribution in [0.5, 0.6) is 5.75 Å². The highest BCUT2D eigenvalue weighted by atomic mass is 127. The van der Waals surface area contributed by atoms with Gasteiger partial charge in [0.05, 0.1) is 0 Å². The maximum Gasteiger partial charge on any atom is 0.191 e. The first-order chi connectivity index (χ1) is 13.3. The summed E-state index contributed by atoms with van der Waals surface area (Å²) >= 11 is 1.79. The van der Waals surface area contributed by atoms with E-state index in [1.54, 1.807) is 18.4 Å². The average Bonchev–Trinajstić information content (AvgIpc) is 3.22. The molecule has 0 amide bonds. The van der Waals surface area contributed by atoms with Crippen molar-refractivity contribution in [2.75, 3.05) is 39.8 Å². The largest absolute Gasteiger partial charge is 0.492 e. The molecule has 0 saturated carbocycles. The number of nitrogens with one attached hydrogen (secondary N) is 2. The lowest BCUT2D eigenvalue weighted by molar-refractivity contribution is 0.221. The van der Waals surface area contributed by atoms with Crippen LogP contribution in [0, 0.1) is 0 Å². The first-order valence-corrected chi connectivity index (χ1v) is 10.5. The molecule has 2 aromatic rings. The van der Waals surface area contributed by atoms with E-state index < -0.39 is 0 Å². The van der Waals surface area contributed by atoms with Crippen LogP contribution < -0.4 is 15.4 Å². The van der Waals surface area contributed by atoms with Crippen LogP contribution in [-0.4, -0.2) is 50.7 Å². The second-order valence-electron chi connectivity index (χ2n) is 6.16. The Morgan fingerprint density at radius 2 is 1.89 bits per heavy atom. The second-order valence-corrected chi connectivity index (χ2v) is 7.20. The van der Waals surface area contributed by atoms with Gasteiger partial charge in [-0.2, -0.15) is 0 Å². The summed E-state index contributed by atoms with van der Waals surface area (Å²) in [6.07, 6.45) is 1.00. The Labute approximate surface area is 190 Å². The highest BCUT2D eigenvalue weighted by Crippen LogP contribution is 2.17. The molecule has 0 fully saturated rings. The number of hydrogen-bond acceptors (Lipinski definition) is 4. The van der Waals surface area contributed by atoms with E-state index in [-0.39, 0.29) is 24.0 Å². The standard InChI is InChI=1S/C21H32N4OS.HI/c1-4-25(5-2)14-15-26-20-11-7-6-9-18(20)17-24-21(22-3)23-13-12-19-10-8-16-27-19;/h6-11,16H,4-5,12-15,17H2,1-3H3,(H2,22,23,24);1H. The Balaban J connectivity index is 0.00000392. The predicted octanol–water partition coefficient (Wildman–Crippen LogP) is 3.99. The number of guanidine groups is 1. The lowest BCUT2D eigenvalue weighted by Crippen LogP contribution is -2.37. The van der Waals surface area contributed by atoms with Gasteiger partial charge in [-0.25, -0.2) is 0 Å². The lowest BCUT2D eigenvalue weighted by Gasteiger charge is -2.19. The minimum atomic E-state index is 0. The number of halogens is 1. The lowest BCUT2D eigenvalue weighted by atomic mass is 10.2. The van der Waals surface area contributed by atoms with Crippen LogP contribution in [0.15, 0.2) is 46.8 Å². The van der Waals surface area contributed by atoms with Gasteiger partial charge in [0.15, 0.2) is 5.96 Å². The zero-order valence-electron chi connectivity index (χ0n) is 17.1. The molecule has 0 unspecified atom stereocenters. The molecule has 1 heterocycles. The molecule has 2 rings (SSSR count). The highest BCUT2D eigenvalue weighted by molar-refractivity contribution is 14.0. The van der Waals surface area contributed by atoms with Gasteiger partial charge in [0.2, 0.25) is 0 Å². The van der Waals surface area contributed by atoms with Crippen molar-refractivity contribution in [3.63, 3.8) is 0 Å². The van der Waals surface area contributed by atoms with Gasteiger partial charge < -0.3 is 20.3 Å². The SMILES string of the molecule is CCN(CC)CCOc1ccccc1CNC(=NC)NCCc1cccs1.I. The Morgan fingerprint density at radius 1 is 1.11 bits per heavy atom. The van der Waals surface area contributed by atoms with Crippen LogP contribution in [0.1, 0.15) is 24.3 Å². The summed E-state index contributed by atoms with van der Waals surface area (Å²) in [5.41, 5.74) is 1.14. The summed E-state index contributed by atoms with van der Waals surface area (Å²) in [7, 11) is 1.80. The molecule has 0 saturated heterocycles. The molecule has 5 nitrogen and oxygen atoms in total. The van der Waals surface area contributed by atoms with Gasteiger partial charge in [-0.1, -0.05) is 38.1 Å². The maximum atomic E-state index is 6.03. The van der Waals surface area contributed by atoms with E-state index in [1.807, 2.05) is 18.2 Å². The fourth-order valence-corrected chi connectivity index (χ4v) is 3.48. The van der Waals surface area contributed by atoms with Gasteiger partial charge >= 0.3 is 0 Å². The molecule has 28 heavy (non-hydrogen) atoms. The number of thiophene rings is 1. The summed E-state index contributed by atoms with van der Waals surface area (Å²) in [6, 6.07) is 12.4. The van der Waals surface area contributed by atoms with Crippen LogP contribution in [0.25, 0.3) is 0 Å². The topological polar surface area (TPSA) is 48.9 Å². The molecule has 0 atom stereocenters. The van der Waals surface area contributed by atoms with Crippen molar-refractivity contribution in [3.05, 3.63) is 52.2 Å². The number of hydrogen-bond donors (Lipinski definition) is 2. The van der Waals surface area contributed by atoms with Gasteiger partial charge in [0.1, 0.15) is 12.4 Å². The highest BCUT2D eigenvalue weighted by Gasteiger charge is 2.06. The van der Waals surface area contributed by atoms with Gasteiger partial charge in [0, 0.05) is 37.1 Å². The molecule has 1 aromatic heterocycles. The third-order valence-corrected chi connectivity index (χ3v) is 5.38. The quantitative estimate of drug-likeness (QED) is 0.270. The van der Waals surface area contributed by atoms with Crippen molar-refractivity contribution in [1.82, 2.24) is 15.5 Å². The van der Waals surface area contributed by atoms with Crippen LogP contribution in [-0.2, 0) is 13.0 Å². The van der Waals surface area contributed by atoms with Crippen molar-refractivity contribution in [1.29, 1.82) is 0 Å². The summed E-state index contributed by atoms with van der Waals surface area (Å²) in [5.74, 6) is 1.75. The Hall–Kier alpha value is -1.32. The normalized spacial score (nSPS) is 11.2. The number of benzene rings is 1. The number of nitrogens with zero attached hydrogens (tertiary/aromatic N) is 2. The van der Waals surface area contributed by atoms with Crippen LogP contribution in [0.4, 0.5) is 0 Å². The summed E-state index contributed by atoms with van der Waals surface area (Å²) in [4.78, 5) is 8.05. The fourth-order valence-electron chi connectivity index (χ4n) is 2.77. The maximum absolute atomic E-state index is 6.03. The van der Waals surface area contributed by atoms with Crippen molar-refractivity contribution >= 4 is 41.3 Å². The number of likely N-dealkylation sites (N-methyl/N-ethyl adjacent to an activating group) is 1. The van der Waals surface area contributed by atoms with Crippen LogP contribution >= 0.6 is 35.3 Å². The number of aliphatic imine (C=N–C) groups is 1. The van der Waals surface area contributed by atoms with E-state index in [1.165, 1.54) is 4.88 Å². The minimum Gasteiger partial charge on any atom is -0.492 e. The smallest absolute Gasteiger partial charge is 0.191 e. The molecular formula is C21H33IN4OS. The number of para-hydroxylation sites is 1. The zero-order valence-corrected chi connectivity index (χ0v) is 20.3. The molecule has 0 aliphatic rings. The fraction of sp³-hybridized carbons (Fsp3) is 0.476. The van der Waals surface area contributed by atoms with Gasteiger partial charge in [-0.15, -0.1) is 35.3 Å². The molecule has 0 bridgehead atoms. The number of rotatable bonds is 11. The first kappa shape index (κ1) is 24.7. The monoisotopic (exact) mass is 516 g/mol. The Bertz CT molecular complexity index is 675. The molecule has 0 aliphatic heterocycles. The Kier molecular flexibility index (Phi) is 12.9. The van der Waals surface area contributed by atoms with E-state index in [2.05, 4.69) is 58.0 Å². The first-order valence-electron chi connectivity index (χ1n) is 9.66. The van der Waals surface area contributed by atoms with Crippen molar-refractivity contribution < 1.29 is 4.74 Å². The van der Waals surface area contributed by atoms with E-state index in [0.717, 1.165) is 49.9 Å². The predicted molar refractivity (Wildman–Crippen MR) is 131 cm³/mol. The van der Waals surface area contributed by atoms with Gasteiger partial charge in [0.25, 0.3) is 0 Å². The summed E-state index contributed by atoms with van der Waals surface area (Å²) in [6.45, 7) is 9.65. The van der Waals surface area contributed by atoms with Crippen molar-refractivity contribution in [3.8, 4) is 5.75 Å². The molecule has 7 heteroatoms. The third kappa shape index (κ3) is 8.79. The summed E-state index contributed by atoms with van der Waals surface area (Å²) in [5, 5.41) is 8.86. The van der Waals surface area contributed by atoms with E-state index in [4.69, 9.17) is 4.74 Å². The van der Waals surface area contributed by atoms with Crippen LogP contribution in [0.2, 0.25) is 0 Å². The van der Waals surface area contributed by atoms with Crippen molar-refractivity contribution in [2.24, 2.45) is 4.99 Å². The molecule has 0 aliphatic carbocycles. The molecule has 1 aromatic carbocycles. The molecule has 156 valence electrons. The second kappa shape index (κ2) is 14.6.